The van der Waals surface area contributed by atoms with Gasteiger partial charge in [0.25, 0.3) is 0 Å². The molecule has 1 heterocycles. The van der Waals surface area contributed by atoms with Crippen molar-refractivity contribution in [2.75, 3.05) is 0 Å². The van der Waals surface area contributed by atoms with Gasteiger partial charge in [-0.05, 0) is 38.3 Å². The molecular weight excluding hydrogens is 220 g/mol. The maximum atomic E-state index is 4.77. The lowest BCUT2D eigenvalue weighted by Crippen LogP contribution is -2.01. The minimum absolute atomic E-state index is 0.916. The summed E-state index contributed by atoms with van der Waals surface area (Å²) in [6, 6.07) is 6.50. The SMILES string of the molecule is CCc1cnc(CC)c(-c2cc(C)ccc2C)n1. The lowest BCUT2D eigenvalue weighted by molar-refractivity contribution is 0.942. The third kappa shape index (κ3) is 2.42. The van der Waals surface area contributed by atoms with E-state index in [0.717, 1.165) is 29.9 Å². The van der Waals surface area contributed by atoms with Crippen LogP contribution in [0.25, 0.3) is 11.3 Å². The number of hydrogen-bond donors (Lipinski definition) is 0. The molecule has 0 amide bonds. The minimum atomic E-state index is 0.916. The second kappa shape index (κ2) is 5.30. The number of hydrogen-bond acceptors (Lipinski definition) is 2. The molecule has 94 valence electrons. The first-order valence-corrected chi connectivity index (χ1v) is 6.58. The van der Waals surface area contributed by atoms with Crippen molar-refractivity contribution in [3.63, 3.8) is 0 Å². The highest BCUT2D eigenvalue weighted by molar-refractivity contribution is 5.66. The molecule has 1 aromatic heterocycles. The molecular formula is C16H20N2. The van der Waals surface area contributed by atoms with E-state index < -0.39 is 0 Å². The zero-order valence-electron chi connectivity index (χ0n) is 11.6. The molecule has 2 nitrogen and oxygen atoms in total. The molecule has 0 bridgehead atoms. The number of benzene rings is 1. The summed E-state index contributed by atoms with van der Waals surface area (Å²) in [6.07, 6.45) is 3.74. The number of rotatable bonds is 3. The summed E-state index contributed by atoms with van der Waals surface area (Å²) in [5, 5.41) is 0. The summed E-state index contributed by atoms with van der Waals surface area (Å²) in [7, 11) is 0. The van der Waals surface area contributed by atoms with Gasteiger partial charge in [0.2, 0.25) is 0 Å². The molecule has 2 heteroatoms. The normalized spacial score (nSPS) is 10.7. The van der Waals surface area contributed by atoms with E-state index in [1.165, 1.54) is 16.7 Å². The highest BCUT2D eigenvalue weighted by Gasteiger charge is 2.10. The Morgan fingerprint density at radius 1 is 1.06 bits per heavy atom. The maximum Gasteiger partial charge on any atom is 0.0923 e. The molecule has 0 aliphatic rings. The van der Waals surface area contributed by atoms with Gasteiger partial charge in [0.1, 0.15) is 0 Å². The van der Waals surface area contributed by atoms with Crippen molar-refractivity contribution in [1.82, 2.24) is 9.97 Å². The van der Waals surface area contributed by atoms with Crippen molar-refractivity contribution in [3.05, 3.63) is 46.9 Å². The zero-order chi connectivity index (χ0) is 13.1. The Labute approximate surface area is 109 Å². The first kappa shape index (κ1) is 12.7. The predicted molar refractivity (Wildman–Crippen MR) is 75.7 cm³/mol. The monoisotopic (exact) mass is 240 g/mol. The molecule has 0 aliphatic heterocycles. The third-order valence-electron chi connectivity index (χ3n) is 3.24. The van der Waals surface area contributed by atoms with Crippen LogP contribution in [0.1, 0.15) is 36.4 Å². The van der Waals surface area contributed by atoms with Crippen LogP contribution in [0.15, 0.2) is 24.4 Å². The van der Waals surface area contributed by atoms with Gasteiger partial charge in [-0.1, -0.05) is 31.5 Å². The summed E-state index contributed by atoms with van der Waals surface area (Å²) in [4.78, 5) is 9.32. The van der Waals surface area contributed by atoms with Crippen molar-refractivity contribution in [3.8, 4) is 11.3 Å². The Morgan fingerprint density at radius 3 is 2.50 bits per heavy atom. The molecule has 18 heavy (non-hydrogen) atoms. The minimum Gasteiger partial charge on any atom is -0.257 e. The molecule has 0 unspecified atom stereocenters. The fourth-order valence-corrected chi connectivity index (χ4v) is 2.09. The Balaban J connectivity index is 2.64. The molecule has 0 radical (unpaired) electrons. The topological polar surface area (TPSA) is 25.8 Å². The van der Waals surface area contributed by atoms with Crippen LogP contribution in [0.3, 0.4) is 0 Å². The molecule has 0 spiro atoms. The third-order valence-corrected chi connectivity index (χ3v) is 3.24. The van der Waals surface area contributed by atoms with E-state index >= 15 is 0 Å². The summed E-state index contributed by atoms with van der Waals surface area (Å²) in [5.74, 6) is 0. The van der Waals surface area contributed by atoms with Crippen LogP contribution in [0.4, 0.5) is 0 Å². The highest BCUT2D eigenvalue weighted by Crippen LogP contribution is 2.25. The Kier molecular flexibility index (Phi) is 3.75. The average molecular weight is 240 g/mol. The molecule has 2 aromatic rings. The van der Waals surface area contributed by atoms with E-state index in [1.807, 2.05) is 6.20 Å². The van der Waals surface area contributed by atoms with Crippen molar-refractivity contribution in [2.24, 2.45) is 0 Å². The van der Waals surface area contributed by atoms with E-state index in [9.17, 15) is 0 Å². The largest absolute Gasteiger partial charge is 0.257 e. The molecule has 0 aliphatic carbocycles. The average Bonchev–Trinajstić information content (AvgIpc) is 2.40. The Hall–Kier alpha value is -1.70. The van der Waals surface area contributed by atoms with E-state index in [1.54, 1.807) is 0 Å². The quantitative estimate of drug-likeness (QED) is 0.813. The van der Waals surface area contributed by atoms with Crippen LogP contribution in [0, 0.1) is 13.8 Å². The number of aryl methyl sites for hydroxylation is 4. The Morgan fingerprint density at radius 2 is 1.83 bits per heavy atom. The summed E-state index contributed by atoms with van der Waals surface area (Å²) in [6.45, 7) is 8.49. The van der Waals surface area contributed by atoms with E-state index in [0.29, 0.717) is 0 Å². The molecule has 0 saturated carbocycles. The zero-order valence-corrected chi connectivity index (χ0v) is 11.6. The second-order valence-electron chi connectivity index (χ2n) is 4.68. The lowest BCUT2D eigenvalue weighted by atomic mass is 10.0. The fourth-order valence-electron chi connectivity index (χ4n) is 2.09. The van der Waals surface area contributed by atoms with Crippen molar-refractivity contribution < 1.29 is 0 Å². The van der Waals surface area contributed by atoms with Gasteiger partial charge in [-0.2, -0.15) is 0 Å². The van der Waals surface area contributed by atoms with Crippen LogP contribution >= 0.6 is 0 Å². The van der Waals surface area contributed by atoms with Gasteiger partial charge in [0.15, 0.2) is 0 Å². The van der Waals surface area contributed by atoms with Crippen LogP contribution < -0.4 is 0 Å². The van der Waals surface area contributed by atoms with Crippen LogP contribution in [-0.2, 0) is 12.8 Å². The summed E-state index contributed by atoms with van der Waals surface area (Å²) < 4.78 is 0. The smallest absolute Gasteiger partial charge is 0.0923 e. The van der Waals surface area contributed by atoms with E-state index in [2.05, 4.69) is 50.9 Å². The van der Waals surface area contributed by atoms with Gasteiger partial charge in [0, 0.05) is 11.8 Å². The number of nitrogens with zero attached hydrogens (tertiary/aromatic N) is 2. The van der Waals surface area contributed by atoms with Crippen LogP contribution in [0.2, 0.25) is 0 Å². The first-order valence-electron chi connectivity index (χ1n) is 6.58. The van der Waals surface area contributed by atoms with Gasteiger partial charge in [-0.15, -0.1) is 0 Å². The predicted octanol–water partition coefficient (Wildman–Crippen LogP) is 3.89. The Bertz CT molecular complexity index is 559. The first-order chi connectivity index (χ1) is 8.65. The highest BCUT2D eigenvalue weighted by atomic mass is 14.8. The van der Waals surface area contributed by atoms with Crippen molar-refractivity contribution >= 4 is 0 Å². The summed E-state index contributed by atoms with van der Waals surface area (Å²) >= 11 is 0. The van der Waals surface area contributed by atoms with Gasteiger partial charge >= 0.3 is 0 Å². The molecule has 0 saturated heterocycles. The lowest BCUT2D eigenvalue weighted by Gasteiger charge is -2.11. The second-order valence-corrected chi connectivity index (χ2v) is 4.68. The number of aromatic nitrogens is 2. The molecule has 0 atom stereocenters. The van der Waals surface area contributed by atoms with Crippen molar-refractivity contribution in [1.29, 1.82) is 0 Å². The molecule has 0 fully saturated rings. The molecule has 1 aromatic carbocycles. The van der Waals surface area contributed by atoms with Gasteiger partial charge < -0.3 is 0 Å². The van der Waals surface area contributed by atoms with Gasteiger partial charge in [-0.3, -0.25) is 4.98 Å². The molecule has 2 rings (SSSR count). The summed E-state index contributed by atoms with van der Waals surface area (Å²) in [5.41, 5.74) is 6.94. The van der Waals surface area contributed by atoms with Gasteiger partial charge in [-0.25, -0.2) is 4.98 Å². The van der Waals surface area contributed by atoms with Crippen molar-refractivity contribution in [2.45, 2.75) is 40.5 Å². The van der Waals surface area contributed by atoms with Crippen LogP contribution in [-0.4, -0.2) is 9.97 Å². The van der Waals surface area contributed by atoms with Crippen LogP contribution in [0.5, 0.6) is 0 Å². The maximum absolute atomic E-state index is 4.77. The van der Waals surface area contributed by atoms with Gasteiger partial charge in [0.05, 0.1) is 17.1 Å². The molecule has 0 N–H and O–H groups in total. The standard InChI is InChI=1S/C16H20N2/c1-5-13-10-17-15(6-2)16(18-13)14-9-11(3)7-8-12(14)4/h7-10H,5-6H2,1-4H3. The van der Waals surface area contributed by atoms with E-state index in [4.69, 9.17) is 4.98 Å². The fraction of sp³-hybridized carbons (Fsp3) is 0.375. The van der Waals surface area contributed by atoms with E-state index in [-0.39, 0.29) is 0 Å².